The Labute approximate surface area is 117 Å². The molecule has 0 aliphatic carbocycles. The van der Waals surface area contributed by atoms with Gasteiger partial charge in [-0.2, -0.15) is 0 Å². The van der Waals surface area contributed by atoms with E-state index in [1.54, 1.807) is 6.08 Å². The van der Waals surface area contributed by atoms with E-state index >= 15 is 0 Å². The number of carbonyl (C=O) groups is 1. The molecule has 0 aromatic heterocycles. The van der Waals surface area contributed by atoms with Gasteiger partial charge in [-0.15, -0.1) is 11.6 Å². The number of rotatable bonds is 4. The molecular formula is C13H14ClNO3S. The fraction of sp³-hybridized carbons (Fsp3) is 0.308. The van der Waals surface area contributed by atoms with Gasteiger partial charge >= 0.3 is 0 Å². The average Bonchev–Trinajstić information content (AvgIpc) is 2.76. The normalized spacial score (nSPS) is 20.4. The van der Waals surface area contributed by atoms with Crippen LogP contribution in [0.5, 0.6) is 0 Å². The van der Waals surface area contributed by atoms with E-state index in [1.807, 2.05) is 30.3 Å². The van der Waals surface area contributed by atoms with Crippen molar-refractivity contribution in [2.24, 2.45) is 0 Å². The van der Waals surface area contributed by atoms with Crippen LogP contribution in [0.1, 0.15) is 5.56 Å². The molecule has 0 saturated carbocycles. The smallest absolute Gasteiger partial charge is 0.238 e. The number of sulfone groups is 1. The maximum Gasteiger partial charge on any atom is 0.238 e. The predicted molar refractivity (Wildman–Crippen MR) is 74.4 cm³/mol. The number of benzene rings is 1. The molecule has 1 aromatic carbocycles. The quantitative estimate of drug-likeness (QED) is 0.793. The third-order valence-electron chi connectivity index (χ3n) is 2.94. The highest BCUT2D eigenvalue weighted by molar-refractivity contribution is 7.94. The van der Waals surface area contributed by atoms with Crippen molar-refractivity contribution in [2.45, 2.75) is 12.6 Å². The van der Waals surface area contributed by atoms with Crippen LogP contribution in [0.2, 0.25) is 0 Å². The molecule has 0 spiro atoms. The van der Waals surface area contributed by atoms with Crippen molar-refractivity contribution in [1.29, 1.82) is 0 Å². The Balaban J connectivity index is 2.18. The number of hydrogen-bond acceptors (Lipinski definition) is 3. The van der Waals surface area contributed by atoms with Gasteiger partial charge in [0.15, 0.2) is 9.84 Å². The molecule has 1 amide bonds. The van der Waals surface area contributed by atoms with Crippen LogP contribution in [0.3, 0.4) is 0 Å². The molecule has 1 atom stereocenters. The summed E-state index contributed by atoms with van der Waals surface area (Å²) in [5.74, 6) is -0.489. The van der Waals surface area contributed by atoms with Crippen LogP contribution >= 0.6 is 11.6 Å². The Kier molecular flexibility index (Phi) is 4.27. The number of amides is 1. The predicted octanol–water partition coefficient (Wildman–Crippen LogP) is 1.56. The van der Waals surface area contributed by atoms with Crippen molar-refractivity contribution >= 4 is 27.3 Å². The molecule has 19 heavy (non-hydrogen) atoms. The highest BCUT2D eigenvalue weighted by Gasteiger charge is 2.29. The third kappa shape index (κ3) is 3.58. The molecule has 6 heteroatoms. The molecule has 102 valence electrons. The summed E-state index contributed by atoms with van der Waals surface area (Å²) >= 11 is 5.60. The number of halogens is 1. The minimum Gasteiger partial charge on any atom is -0.330 e. The van der Waals surface area contributed by atoms with Crippen LogP contribution in [0, 0.1) is 0 Å². The van der Waals surface area contributed by atoms with Gasteiger partial charge in [-0.1, -0.05) is 30.3 Å². The molecule has 0 N–H and O–H groups in total. The molecular weight excluding hydrogens is 286 g/mol. The van der Waals surface area contributed by atoms with Gasteiger partial charge < -0.3 is 4.90 Å². The largest absolute Gasteiger partial charge is 0.330 e. The third-order valence-corrected chi connectivity index (χ3v) is 4.55. The zero-order valence-corrected chi connectivity index (χ0v) is 11.8. The van der Waals surface area contributed by atoms with Crippen LogP contribution in [0.15, 0.2) is 41.8 Å². The molecule has 2 rings (SSSR count). The van der Waals surface area contributed by atoms with Gasteiger partial charge in [0.2, 0.25) is 5.91 Å². The van der Waals surface area contributed by atoms with Gasteiger partial charge in [0.05, 0.1) is 11.8 Å². The minimum absolute atomic E-state index is 0.0670. The summed E-state index contributed by atoms with van der Waals surface area (Å²) in [6, 6.07) is 8.98. The van der Waals surface area contributed by atoms with Crippen LogP contribution in [-0.4, -0.2) is 36.9 Å². The molecule has 0 fully saturated rings. The van der Waals surface area contributed by atoms with Gasteiger partial charge in [0.1, 0.15) is 5.88 Å². The van der Waals surface area contributed by atoms with Crippen LogP contribution in [0.4, 0.5) is 0 Å². The van der Waals surface area contributed by atoms with E-state index in [2.05, 4.69) is 0 Å². The van der Waals surface area contributed by atoms with Crippen molar-refractivity contribution in [2.75, 3.05) is 11.6 Å². The zero-order chi connectivity index (χ0) is 13.9. The van der Waals surface area contributed by atoms with Gasteiger partial charge in [-0.05, 0) is 11.6 Å². The van der Waals surface area contributed by atoms with Gasteiger partial charge in [0.25, 0.3) is 0 Å². The van der Waals surface area contributed by atoms with E-state index in [0.29, 0.717) is 6.54 Å². The summed E-state index contributed by atoms with van der Waals surface area (Å²) < 4.78 is 22.9. The summed E-state index contributed by atoms with van der Waals surface area (Å²) in [7, 11) is -3.19. The number of alkyl halides is 1. The first-order valence-electron chi connectivity index (χ1n) is 5.82. The highest BCUT2D eigenvalue weighted by Crippen LogP contribution is 2.18. The lowest BCUT2D eigenvalue weighted by Gasteiger charge is -2.27. The maximum absolute atomic E-state index is 11.9. The average molecular weight is 300 g/mol. The van der Waals surface area contributed by atoms with Crippen LogP contribution < -0.4 is 0 Å². The zero-order valence-electron chi connectivity index (χ0n) is 10.2. The number of carbonyl (C=O) groups excluding carboxylic acids is 1. The summed E-state index contributed by atoms with van der Waals surface area (Å²) in [4.78, 5) is 13.4. The van der Waals surface area contributed by atoms with Gasteiger partial charge in [-0.3, -0.25) is 4.79 Å². The molecule has 1 aliphatic rings. The Morgan fingerprint density at radius 3 is 2.53 bits per heavy atom. The molecule has 4 nitrogen and oxygen atoms in total. The van der Waals surface area contributed by atoms with E-state index in [4.69, 9.17) is 11.6 Å². The van der Waals surface area contributed by atoms with E-state index in [-0.39, 0.29) is 17.5 Å². The lowest BCUT2D eigenvalue weighted by atomic mass is 10.2. The highest BCUT2D eigenvalue weighted by atomic mass is 35.5. The van der Waals surface area contributed by atoms with E-state index in [0.717, 1.165) is 11.0 Å². The fourth-order valence-corrected chi connectivity index (χ4v) is 3.45. The topological polar surface area (TPSA) is 54.5 Å². The molecule has 1 heterocycles. The number of nitrogens with zero attached hydrogens (tertiary/aromatic N) is 1. The van der Waals surface area contributed by atoms with E-state index < -0.39 is 15.9 Å². The van der Waals surface area contributed by atoms with Crippen molar-refractivity contribution < 1.29 is 13.2 Å². The Bertz CT molecular complexity index is 583. The molecule has 0 bridgehead atoms. The molecule has 0 saturated heterocycles. The Hall–Kier alpha value is -1.33. The monoisotopic (exact) mass is 299 g/mol. The molecule has 0 unspecified atom stereocenters. The van der Waals surface area contributed by atoms with Crippen molar-refractivity contribution in [1.82, 2.24) is 4.90 Å². The van der Waals surface area contributed by atoms with E-state index in [1.165, 1.54) is 4.90 Å². The second kappa shape index (κ2) is 5.75. The first-order chi connectivity index (χ1) is 9.02. The van der Waals surface area contributed by atoms with Gasteiger partial charge in [-0.25, -0.2) is 8.42 Å². The first kappa shape index (κ1) is 14.1. The van der Waals surface area contributed by atoms with E-state index in [9.17, 15) is 13.2 Å². The van der Waals surface area contributed by atoms with Gasteiger partial charge in [0, 0.05) is 12.0 Å². The lowest BCUT2D eigenvalue weighted by molar-refractivity contribution is -0.130. The van der Waals surface area contributed by atoms with Crippen molar-refractivity contribution in [3.8, 4) is 0 Å². The fourth-order valence-electron chi connectivity index (χ4n) is 2.00. The minimum atomic E-state index is -3.19. The second-order valence-corrected chi connectivity index (χ2v) is 6.56. The first-order valence-corrected chi connectivity index (χ1v) is 8.07. The Morgan fingerprint density at radius 2 is 2.00 bits per heavy atom. The van der Waals surface area contributed by atoms with Crippen molar-refractivity contribution in [3.63, 3.8) is 0 Å². The summed E-state index contributed by atoms with van der Waals surface area (Å²) in [5.41, 5.74) is 0.943. The lowest BCUT2D eigenvalue weighted by Crippen LogP contribution is -2.41. The van der Waals surface area contributed by atoms with Crippen LogP contribution in [-0.2, 0) is 21.2 Å². The number of hydrogen-bond donors (Lipinski definition) is 0. The summed E-state index contributed by atoms with van der Waals surface area (Å²) in [5, 5.41) is 1.16. The maximum atomic E-state index is 11.9. The molecule has 1 aromatic rings. The van der Waals surface area contributed by atoms with Crippen molar-refractivity contribution in [3.05, 3.63) is 47.4 Å². The summed E-state index contributed by atoms with van der Waals surface area (Å²) in [6.45, 7) is 0.358. The molecule has 0 radical (unpaired) electrons. The molecule has 1 aliphatic heterocycles. The standard InChI is InChI=1S/C13H14ClNO3S/c14-8-13(16)15(9-11-4-2-1-3-5-11)12-6-7-19(17,18)10-12/h1-7,12H,8-10H2/t12-/m0/s1. The second-order valence-electron chi connectivity index (χ2n) is 4.37. The SMILES string of the molecule is O=C(CCl)N(Cc1ccccc1)[C@H]1C=CS(=O)(=O)C1. The Morgan fingerprint density at radius 1 is 1.32 bits per heavy atom. The van der Waals surface area contributed by atoms with Crippen LogP contribution in [0.25, 0.3) is 0 Å². The summed E-state index contributed by atoms with van der Waals surface area (Å²) in [6.07, 6.45) is 1.54.